The van der Waals surface area contributed by atoms with Crippen molar-refractivity contribution in [1.82, 2.24) is 5.32 Å². The van der Waals surface area contributed by atoms with Gasteiger partial charge in [0, 0.05) is 24.2 Å². The Balaban J connectivity index is 1.29. The number of nitrogens with one attached hydrogen (secondary N) is 1. The zero-order valence-electron chi connectivity index (χ0n) is 14.0. The summed E-state index contributed by atoms with van der Waals surface area (Å²) in [6.45, 7) is 3.89. The molecule has 0 bridgehead atoms. The van der Waals surface area contributed by atoms with E-state index in [1.807, 2.05) is 30.3 Å². The number of para-hydroxylation sites is 1. The van der Waals surface area contributed by atoms with Gasteiger partial charge in [0.2, 0.25) is 6.79 Å². The van der Waals surface area contributed by atoms with Gasteiger partial charge in [-0.3, -0.25) is 4.90 Å². The third-order valence-corrected chi connectivity index (χ3v) is 4.45. The average Bonchev–Trinajstić information content (AvgIpc) is 3.23. The molecule has 0 aliphatic carbocycles. The molecule has 1 atom stereocenters. The van der Waals surface area contributed by atoms with Crippen molar-refractivity contribution < 1.29 is 19.0 Å². The van der Waals surface area contributed by atoms with E-state index in [1.54, 1.807) is 11.0 Å². The van der Waals surface area contributed by atoms with Crippen molar-refractivity contribution in [3.63, 3.8) is 0 Å². The molecule has 0 saturated heterocycles. The molecular formula is C19H20N2O4. The van der Waals surface area contributed by atoms with Gasteiger partial charge in [-0.1, -0.05) is 25.1 Å². The predicted octanol–water partition coefficient (Wildman–Crippen LogP) is 3.13. The normalized spacial score (nSPS) is 17.3. The van der Waals surface area contributed by atoms with Gasteiger partial charge in [0.05, 0.1) is 6.54 Å². The molecule has 2 aliphatic heterocycles. The van der Waals surface area contributed by atoms with Crippen LogP contribution in [0.3, 0.4) is 0 Å². The van der Waals surface area contributed by atoms with Crippen LogP contribution in [0.25, 0.3) is 0 Å². The summed E-state index contributed by atoms with van der Waals surface area (Å²) >= 11 is 0. The van der Waals surface area contributed by atoms with E-state index in [-0.39, 0.29) is 12.8 Å². The molecular weight excluding hydrogens is 320 g/mol. The van der Waals surface area contributed by atoms with E-state index < -0.39 is 0 Å². The van der Waals surface area contributed by atoms with Crippen molar-refractivity contribution in [2.75, 3.05) is 31.4 Å². The van der Waals surface area contributed by atoms with E-state index in [0.717, 1.165) is 11.4 Å². The predicted molar refractivity (Wildman–Crippen MR) is 93.7 cm³/mol. The summed E-state index contributed by atoms with van der Waals surface area (Å²) in [6.07, 6.45) is 0. The fourth-order valence-corrected chi connectivity index (χ4v) is 3.20. The highest BCUT2D eigenvalue weighted by molar-refractivity contribution is 5.94. The van der Waals surface area contributed by atoms with Crippen LogP contribution in [-0.4, -0.2) is 32.5 Å². The number of ether oxygens (including phenoxy) is 3. The molecule has 1 N–H and O–H groups in total. The Morgan fingerprint density at radius 2 is 2.08 bits per heavy atom. The Hall–Kier alpha value is -2.89. The molecule has 0 radical (unpaired) electrons. The quantitative estimate of drug-likeness (QED) is 0.869. The Labute approximate surface area is 146 Å². The van der Waals surface area contributed by atoms with Gasteiger partial charge in [0.1, 0.15) is 12.4 Å². The SMILES string of the molecule is CC1CN(C(=O)NCCOc2ccc3c(c2)OCO3)c2ccccc21. The fraction of sp³-hybridized carbons (Fsp3) is 0.316. The minimum absolute atomic E-state index is 0.0916. The van der Waals surface area contributed by atoms with E-state index in [1.165, 1.54) is 5.56 Å². The lowest BCUT2D eigenvalue weighted by molar-refractivity contribution is 0.173. The molecule has 25 heavy (non-hydrogen) atoms. The van der Waals surface area contributed by atoms with Crippen LogP contribution in [0.4, 0.5) is 10.5 Å². The van der Waals surface area contributed by atoms with Crippen LogP contribution in [0.1, 0.15) is 18.4 Å². The van der Waals surface area contributed by atoms with Crippen molar-refractivity contribution >= 4 is 11.7 Å². The molecule has 2 aliphatic rings. The van der Waals surface area contributed by atoms with E-state index in [9.17, 15) is 4.79 Å². The van der Waals surface area contributed by atoms with Crippen molar-refractivity contribution in [2.45, 2.75) is 12.8 Å². The summed E-state index contributed by atoms with van der Waals surface area (Å²) in [5.74, 6) is 2.46. The number of hydrogen-bond donors (Lipinski definition) is 1. The van der Waals surface area contributed by atoms with Gasteiger partial charge in [0.25, 0.3) is 0 Å². The first-order valence-electron chi connectivity index (χ1n) is 8.39. The average molecular weight is 340 g/mol. The minimum atomic E-state index is -0.0916. The molecule has 6 nitrogen and oxygen atoms in total. The molecule has 1 unspecified atom stereocenters. The van der Waals surface area contributed by atoms with Crippen LogP contribution < -0.4 is 24.4 Å². The Bertz CT molecular complexity index is 793. The van der Waals surface area contributed by atoms with Gasteiger partial charge in [-0.25, -0.2) is 4.79 Å². The molecule has 130 valence electrons. The molecule has 6 heteroatoms. The summed E-state index contributed by atoms with van der Waals surface area (Å²) in [5, 5.41) is 2.91. The second-order valence-corrected chi connectivity index (χ2v) is 6.17. The number of carbonyl (C=O) groups is 1. The van der Waals surface area contributed by atoms with Crippen LogP contribution in [0.15, 0.2) is 42.5 Å². The number of fused-ring (bicyclic) bond motifs is 2. The van der Waals surface area contributed by atoms with E-state index in [4.69, 9.17) is 14.2 Å². The number of carbonyl (C=O) groups excluding carboxylic acids is 1. The lowest BCUT2D eigenvalue weighted by Crippen LogP contribution is -2.40. The lowest BCUT2D eigenvalue weighted by atomic mass is 10.0. The number of nitrogens with zero attached hydrogens (tertiary/aromatic N) is 1. The first kappa shape index (κ1) is 15.6. The maximum atomic E-state index is 12.4. The van der Waals surface area contributed by atoms with Gasteiger partial charge in [-0.05, 0) is 23.8 Å². The first-order valence-corrected chi connectivity index (χ1v) is 8.39. The Morgan fingerprint density at radius 1 is 1.24 bits per heavy atom. The standard InChI is InChI=1S/C19H20N2O4/c1-13-11-21(16-5-3-2-4-15(13)16)19(22)20-8-9-23-14-6-7-17-18(10-14)25-12-24-17/h2-7,10,13H,8-9,11-12H2,1H3,(H,20,22). The molecule has 4 rings (SSSR count). The second kappa shape index (κ2) is 6.55. The summed E-state index contributed by atoms with van der Waals surface area (Å²) < 4.78 is 16.2. The zero-order chi connectivity index (χ0) is 17.2. The van der Waals surface area contributed by atoms with Crippen molar-refractivity contribution in [3.05, 3.63) is 48.0 Å². The number of anilines is 1. The first-order chi connectivity index (χ1) is 12.2. The van der Waals surface area contributed by atoms with Gasteiger partial charge in [-0.2, -0.15) is 0 Å². The highest BCUT2D eigenvalue weighted by Crippen LogP contribution is 2.36. The Kier molecular flexibility index (Phi) is 4.09. The molecule has 2 amide bonds. The van der Waals surface area contributed by atoms with Gasteiger partial charge in [-0.15, -0.1) is 0 Å². The van der Waals surface area contributed by atoms with Crippen molar-refractivity contribution in [3.8, 4) is 17.2 Å². The summed E-state index contributed by atoms with van der Waals surface area (Å²) in [7, 11) is 0. The Morgan fingerprint density at radius 3 is 3.00 bits per heavy atom. The summed E-state index contributed by atoms with van der Waals surface area (Å²) in [4.78, 5) is 14.2. The zero-order valence-corrected chi connectivity index (χ0v) is 14.0. The molecule has 2 aromatic rings. The van der Waals surface area contributed by atoms with E-state index in [2.05, 4.69) is 18.3 Å². The fourth-order valence-electron chi connectivity index (χ4n) is 3.20. The highest BCUT2D eigenvalue weighted by atomic mass is 16.7. The van der Waals surface area contributed by atoms with Gasteiger partial charge >= 0.3 is 6.03 Å². The number of rotatable bonds is 4. The van der Waals surface area contributed by atoms with Crippen molar-refractivity contribution in [2.24, 2.45) is 0 Å². The van der Waals surface area contributed by atoms with Crippen LogP contribution in [0.5, 0.6) is 17.2 Å². The molecule has 0 fully saturated rings. The maximum Gasteiger partial charge on any atom is 0.322 e. The van der Waals surface area contributed by atoms with Crippen LogP contribution >= 0.6 is 0 Å². The van der Waals surface area contributed by atoms with Crippen LogP contribution in [0.2, 0.25) is 0 Å². The molecule has 0 spiro atoms. The second-order valence-electron chi connectivity index (χ2n) is 6.17. The topological polar surface area (TPSA) is 60.0 Å². The number of amides is 2. The number of hydrogen-bond acceptors (Lipinski definition) is 4. The molecule has 0 saturated carbocycles. The van der Waals surface area contributed by atoms with Crippen LogP contribution in [-0.2, 0) is 0 Å². The lowest BCUT2D eigenvalue weighted by Gasteiger charge is -2.18. The maximum absolute atomic E-state index is 12.4. The monoisotopic (exact) mass is 340 g/mol. The smallest absolute Gasteiger partial charge is 0.322 e. The third kappa shape index (κ3) is 3.07. The van der Waals surface area contributed by atoms with Gasteiger partial charge < -0.3 is 19.5 Å². The number of urea groups is 1. The summed E-state index contributed by atoms with van der Waals surface area (Å²) in [6, 6.07) is 13.4. The highest BCUT2D eigenvalue weighted by Gasteiger charge is 2.29. The van der Waals surface area contributed by atoms with E-state index in [0.29, 0.717) is 37.1 Å². The molecule has 2 aromatic carbocycles. The third-order valence-electron chi connectivity index (χ3n) is 4.45. The molecule has 2 heterocycles. The van der Waals surface area contributed by atoms with Crippen LogP contribution in [0, 0.1) is 0 Å². The van der Waals surface area contributed by atoms with E-state index >= 15 is 0 Å². The minimum Gasteiger partial charge on any atom is -0.492 e. The van der Waals surface area contributed by atoms with Crippen molar-refractivity contribution in [1.29, 1.82) is 0 Å². The summed E-state index contributed by atoms with van der Waals surface area (Å²) in [5.41, 5.74) is 2.21. The molecule has 0 aromatic heterocycles. The number of benzene rings is 2. The largest absolute Gasteiger partial charge is 0.492 e. The van der Waals surface area contributed by atoms with Gasteiger partial charge in [0.15, 0.2) is 11.5 Å².